The molecule has 0 saturated heterocycles. The topological polar surface area (TPSA) is 46.5 Å². The van der Waals surface area contributed by atoms with Gasteiger partial charge in [0.05, 0.1) is 6.61 Å². The van der Waals surface area contributed by atoms with E-state index in [1.165, 1.54) is 0 Å². The Kier molecular flexibility index (Phi) is 3.92. The maximum atomic E-state index is 10.4. The molecule has 0 aliphatic rings. The highest BCUT2D eigenvalue weighted by Gasteiger charge is 2.00. The number of aryl methyl sites for hydroxylation is 1. The van der Waals surface area contributed by atoms with Crippen molar-refractivity contribution in [2.24, 2.45) is 0 Å². The number of ether oxygens (including phenoxy) is 1. The summed E-state index contributed by atoms with van der Waals surface area (Å²) < 4.78 is 5.38. The molecule has 3 nitrogen and oxygen atoms in total. The molecule has 0 aliphatic carbocycles. The zero-order valence-corrected chi connectivity index (χ0v) is 8.86. The molecule has 0 spiro atoms. The van der Waals surface area contributed by atoms with Crippen LogP contribution in [0.2, 0.25) is 0 Å². The second-order valence-corrected chi connectivity index (χ2v) is 3.15. The Hall–Kier alpha value is -1.77. The van der Waals surface area contributed by atoms with Gasteiger partial charge < -0.3 is 9.84 Å². The van der Waals surface area contributed by atoms with Gasteiger partial charge in [0.2, 0.25) is 0 Å². The van der Waals surface area contributed by atoms with E-state index in [1.807, 2.05) is 32.0 Å². The summed E-state index contributed by atoms with van der Waals surface area (Å²) in [4.78, 5) is 10.4. The van der Waals surface area contributed by atoms with Crippen LogP contribution in [0.5, 0.6) is 5.75 Å². The summed E-state index contributed by atoms with van der Waals surface area (Å²) in [7, 11) is 0. The fourth-order valence-corrected chi connectivity index (χ4v) is 1.25. The zero-order chi connectivity index (χ0) is 11.3. The average Bonchev–Trinajstić information content (AvgIpc) is 2.18. The minimum atomic E-state index is -0.959. The van der Waals surface area contributed by atoms with Crippen LogP contribution >= 0.6 is 0 Å². The van der Waals surface area contributed by atoms with Crippen LogP contribution < -0.4 is 4.74 Å². The number of aliphatic carboxylic acids is 1. The lowest BCUT2D eigenvalue weighted by Crippen LogP contribution is -1.94. The number of carbonyl (C=O) groups is 1. The first-order valence-electron chi connectivity index (χ1n) is 4.78. The molecule has 15 heavy (non-hydrogen) atoms. The minimum Gasteiger partial charge on any atom is -0.493 e. The van der Waals surface area contributed by atoms with Crippen molar-refractivity contribution in [2.75, 3.05) is 6.61 Å². The van der Waals surface area contributed by atoms with Crippen molar-refractivity contribution in [3.63, 3.8) is 0 Å². The Morgan fingerprint density at radius 1 is 1.53 bits per heavy atom. The lowest BCUT2D eigenvalue weighted by molar-refractivity contribution is -0.131. The molecule has 0 fully saturated rings. The van der Waals surface area contributed by atoms with Crippen molar-refractivity contribution in [1.82, 2.24) is 0 Å². The van der Waals surface area contributed by atoms with E-state index in [0.717, 1.165) is 17.2 Å². The van der Waals surface area contributed by atoms with E-state index in [9.17, 15) is 4.79 Å². The van der Waals surface area contributed by atoms with Crippen LogP contribution in [-0.4, -0.2) is 17.7 Å². The maximum Gasteiger partial charge on any atom is 0.328 e. The first-order valence-corrected chi connectivity index (χ1v) is 4.78. The standard InChI is InChI=1S/C12H14O3/c1-3-15-11-6-4-9(2)8-10(11)5-7-12(13)14/h4-8H,3H2,1-2H3,(H,13,14). The summed E-state index contributed by atoms with van der Waals surface area (Å²) in [5.74, 6) is -0.250. The fraction of sp³-hybridized carbons (Fsp3) is 0.250. The van der Waals surface area contributed by atoms with Gasteiger partial charge in [0.15, 0.2) is 0 Å². The minimum absolute atomic E-state index is 0.566. The summed E-state index contributed by atoms with van der Waals surface area (Å²) in [6.45, 7) is 4.41. The van der Waals surface area contributed by atoms with E-state index in [0.29, 0.717) is 12.4 Å². The molecule has 3 heteroatoms. The molecule has 0 atom stereocenters. The quantitative estimate of drug-likeness (QED) is 0.770. The molecule has 0 bridgehead atoms. The first-order chi connectivity index (χ1) is 7.13. The van der Waals surface area contributed by atoms with Gasteiger partial charge >= 0.3 is 5.97 Å². The van der Waals surface area contributed by atoms with Crippen LogP contribution in [0.1, 0.15) is 18.1 Å². The molecule has 1 rings (SSSR count). The smallest absolute Gasteiger partial charge is 0.328 e. The van der Waals surface area contributed by atoms with Crippen LogP contribution in [0.3, 0.4) is 0 Å². The molecule has 80 valence electrons. The van der Waals surface area contributed by atoms with Gasteiger partial charge in [-0.1, -0.05) is 11.6 Å². The number of rotatable bonds is 4. The van der Waals surface area contributed by atoms with Gasteiger partial charge in [-0.25, -0.2) is 4.79 Å². The third kappa shape index (κ3) is 3.46. The molecule has 0 aliphatic heterocycles. The fourth-order valence-electron chi connectivity index (χ4n) is 1.25. The van der Waals surface area contributed by atoms with E-state index in [4.69, 9.17) is 9.84 Å². The summed E-state index contributed by atoms with van der Waals surface area (Å²) in [5.41, 5.74) is 1.86. The third-order valence-electron chi connectivity index (χ3n) is 1.87. The summed E-state index contributed by atoms with van der Waals surface area (Å²) in [5, 5.41) is 8.54. The summed E-state index contributed by atoms with van der Waals surface area (Å²) in [6.07, 6.45) is 2.65. The van der Waals surface area contributed by atoms with Crippen molar-refractivity contribution in [2.45, 2.75) is 13.8 Å². The number of hydrogen-bond donors (Lipinski definition) is 1. The Bertz CT molecular complexity index is 380. The van der Waals surface area contributed by atoms with Crippen molar-refractivity contribution in [3.8, 4) is 5.75 Å². The van der Waals surface area contributed by atoms with Gasteiger partial charge in [-0.15, -0.1) is 0 Å². The molecular formula is C12H14O3. The number of carboxylic acids is 1. The van der Waals surface area contributed by atoms with E-state index < -0.39 is 5.97 Å². The molecule has 0 heterocycles. The van der Waals surface area contributed by atoms with Gasteiger partial charge in [-0.3, -0.25) is 0 Å². The van der Waals surface area contributed by atoms with Crippen LogP contribution in [0.25, 0.3) is 6.08 Å². The predicted octanol–water partition coefficient (Wildman–Crippen LogP) is 2.49. The Morgan fingerprint density at radius 3 is 2.87 bits per heavy atom. The van der Waals surface area contributed by atoms with Crippen molar-refractivity contribution in [3.05, 3.63) is 35.4 Å². The largest absolute Gasteiger partial charge is 0.493 e. The van der Waals surface area contributed by atoms with Crippen LogP contribution in [-0.2, 0) is 4.79 Å². The average molecular weight is 206 g/mol. The summed E-state index contributed by atoms with van der Waals surface area (Å²) >= 11 is 0. The second-order valence-electron chi connectivity index (χ2n) is 3.15. The molecule has 0 aromatic heterocycles. The van der Waals surface area contributed by atoms with E-state index in [2.05, 4.69) is 0 Å². The zero-order valence-electron chi connectivity index (χ0n) is 8.86. The highest BCUT2D eigenvalue weighted by Crippen LogP contribution is 2.21. The van der Waals surface area contributed by atoms with E-state index in [-0.39, 0.29) is 0 Å². The molecule has 0 amide bonds. The maximum absolute atomic E-state index is 10.4. The van der Waals surface area contributed by atoms with Gasteiger partial charge in [0.25, 0.3) is 0 Å². The van der Waals surface area contributed by atoms with Crippen molar-refractivity contribution < 1.29 is 14.6 Å². The Morgan fingerprint density at radius 2 is 2.27 bits per heavy atom. The van der Waals surface area contributed by atoms with Crippen LogP contribution in [0.15, 0.2) is 24.3 Å². The second kappa shape index (κ2) is 5.20. The molecule has 0 unspecified atom stereocenters. The van der Waals surface area contributed by atoms with Gasteiger partial charge in [-0.2, -0.15) is 0 Å². The van der Waals surface area contributed by atoms with Crippen molar-refractivity contribution in [1.29, 1.82) is 0 Å². The molecule has 1 aromatic carbocycles. The molecule has 0 radical (unpaired) electrons. The van der Waals surface area contributed by atoms with Gasteiger partial charge in [0.1, 0.15) is 5.75 Å². The number of benzene rings is 1. The van der Waals surface area contributed by atoms with Gasteiger partial charge in [-0.05, 0) is 32.1 Å². The Balaban J connectivity index is 3.01. The summed E-state index contributed by atoms with van der Waals surface area (Å²) in [6, 6.07) is 5.67. The first kappa shape index (κ1) is 11.3. The molecular weight excluding hydrogens is 192 g/mol. The molecule has 1 N–H and O–H groups in total. The SMILES string of the molecule is CCOc1ccc(C)cc1C=CC(=O)O. The third-order valence-corrected chi connectivity index (χ3v) is 1.87. The lowest BCUT2D eigenvalue weighted by atomic mass is 10.1. The van der Waals surface area contributed by atoms with E-state index in [1.54, 1.807) is 6.08 Å². The highest BCUT2D eigenvalue weighted by atomic mass is 16.5. The number of hydrogen-bond acceptors (Lipinski definition) is 2. The predicted molar refractivity (Wildman–Crippen MR) is 59.0 cm³/mol. The van der Waals surface area contributed by atoms with Crippen molar-refractivity contribution >= 4 is 12.0 Å². The van der Waals surface area contributed by atoms with Gasteiger partial charge in [0, 0.05) is 11.6 Å². The highest BCUT2D eigenvalue weighted by molar-refractivity contribution is 5.85. The lowest BCUT2D eigenvalue weighted by Gasteiger charge is -2.07. The normalized spacial score (nSPS) is 10.5. The van der Waals surface area contributed by atoms with E-state index >= 15 is 0 Å². The Labute approximate surface area is 89.0 Å². The molecule has 1 aromatic rings. The molecule has 0 saturated carbocycles. The monoisotopic (exact) mass is 206 g/mol. The van der Waals surface area contributed by atoms with Crippen LogP contribution in [0, 0.1) is 6.92 Å². The van der Waals surface area contributed by atoms with Crippen LogP contribution in [0.4, 0.5) is 0 Å². The number of carboxylic acid groups (broad SMARTS) is 1.